The van der Waals surface area contributed by atoms with Gasteiger partial charge in [-0.2, -0.15) is 0 Å². The van der Waals surface area contributed by atoms with Gasteiger partial charge >= 0.3 is 0 Å². The topological polar surface area (TPSA) is 66.5 Å². The lowest BCUT2D eigenvalue weighted by Crippen LogP contribution is -2.27. The molecule has 1 heterocycles. The Balaban J connectivity index is 1.55. The lowest BCUT2D eigenvalue weighted by atomic mass is 10.1. The van der Waals surface area contributed by atoms with Gasteiger partial charge in [-0.15, -0.1) is 11.8 Å². The van der Waals surface area contributed by atoms with Crippen LogP contribution in [0, 0.1) is 13.8 Å². The smallest absolute Gasteiger partial charge is 0.261 e. The summed E-state index contributed by atoms with van der Waals surface area (Å²) in [5, 5.41) is -0.137. The number of anilines is 2. The van der Waals surface area contributed by atoms with Crippen molar-refractivity contribution in [2.24, 2.45) is 0 Å². The zero-order chi connectivity index (χ0) is 21.3. The first kappa shape index (κ1) is 20.5. The molecule has 3 aromatic rings. The van der Waals surface area contributed by atoms with Gasteiger partial charge in [-0.1, -0.05) is 42.0 Å². The molecular weight excluding hydrogens is 416 g/mol. The summed E-state index contributed by atoms with van der Waals surface area (Å²) in [6, 6.07) is 21.8. The molecule has 30 heavy (non-hydrogen) atoms. The minimum absolute atomic E-state index is 0.0692. The molecule has 3 aromatic carbocycles. The summed E-state index contributed by atoms with van der Waals surface area (Å²) in [6.07, 6.45) is 0. The highest BCUT2D eigenvalue weighted by Crippen LogP contribution is 2.42. The summed E-state index contributed by atoms with van der Waals surface area (Å²) in [4.78, 5) is 14.5. The van der Waals surface area contributed by atoms with Gasteiger partial charge in [0.2, 0.25) is 5.91 Å². The number of sulfonamides is 1. The second-order valence-electron chi connectivity index (χ2n) is 7.31. The molecule has 1 saturated heterocycles. The molecular formula is C23H22N2O3S2. The molecule has 0 saturated carbocycles. The molecule has 1 aliphatic heterocycles. The third kappa shape index (κ3) is 4.22. The number of amides is 1. The molecule has 0 radical (unpaired) electrons. The normalized spacial score (nSPS) is 16.7. The summed E-state index contributed by atoms with van der Waals surface area (Å²) in [5.74, 6) is 0.486. The number of thioether (sulfide) groups is 1. The van der Waals surface area contributed by atoms with Crippen LogP contribution < -0.4 is 9.62 Å². The lowest BCUT2D eigenvalue weighted by molar-refractivity contribution is -0.115. The van der Waals surface area contributed by atoms with E-state index in [2.05, 4.69) is 4.72 Å². The van der Waals surface area contributed by atoms with E-state index in [0.717, 1.165) is 22.4 Å². The molecule has 1 aliphatic rings. The zero-order valence-corrected chi connectivity index (χ0v) is 18.3. The van der Waals surface area contributed by atoms with Crippen LogP contribution in [0.15, 0.2) is 77.7 Å². The molecule has 0 unspecified atom stereocenters. The van der Waals surface area contributed by atoms with E-state index in [1.54, 1.807) is 48.2 Å². The van der Waals surface area contributed by atoms with Gasteiger partial charge in [0.25, 0.3) is 10.0 Å². The number of carbonyl (C=O) groups excluding carboxylic acids is 1. The van der Waals surface area contributed by atoms with E-state index in [1.165, 1.54) is 0 Å². The van der Waals surface area contributed by atoms with Crippen LogP contribution in [-0.4, -0.2) is 20.1 Å². The van der Waals surface area contributed by atoms with E-state index in [4.69, 9.17) is 0 Å². The van der Waals surface area contributed by atoms with Crippen LogP contribution in [0.5, 0.6) is 0 Å². The van der Waals surface area contributed by atoms with E-state index in [9.17, 15) is 13.2 Å². The number of nitrogens with zero attached hydrogens (tertiary/aromatic N) is 1. The van der Waals surface area contributed by atoms with E-state index >= 15 is 0 Å². The molecule has 0 aliphatic carbocycles. The number of benzene rings is 3. The Labute approximate surface area is 181 Å². The minimum atomic E-state index is -3.65. The second-order valence-corrected chi connectivity index (χ2v) is 10.1. The second kappa shape index (κ2) is 8.16. The van der Waals surface area contributed by atoms with Crippen molar-refractivity contribution >= 4 is 39.1 Å². The largest absolute Gasteiger partial charge is 0.295 e. The average molecular weight is 439 g/mol. The van der Waals surface area contributed by atoms with Crippen molar-refractivity contribution in [3.8, 4) is 0 Å². The van der Waals surface area contributed by atoms with Crippen molar-refractivity contribution in [3.63, 3.8) is 0 Å². The van der Waals surface area contributed by atoms with Crippen molar-refractivity contribution in [2.75, 3.05) is 15.4 Å². The number of nitrogens with one attached hydrogen (secondary N) is 1. The molecule has 1 fully saturated rings. The molecule has 4 rings (SSSR count). The van der Waals surface area contributed by atoms with Crippen molar-refractivity contribution in [2.45, 2.75) is 24.1 Å². The van der Waals surface area contributed by atoms with Gasteiger partial charge in [0.1, 0.15) is 5.37 Å². The fourth-order valence-corrected chi connectivity index (χ4v) is 5.61. The maximum atomic E-state index is 12.6. The summed E-state index contributed by atoms with van der Waals surface area (Å²) in [7, 11) is -3.65. The Morgan fingerprint density at radius 2 is 1.63 bits per heavy atom. The molecule has 7 heteroatoms. The molecule has 0 spiro atoms. The first-order valence-corrected chi connectivity index (χ1v) is 12.1. The summed E-state index contributed by atoms with van der Waals surface area (Å²) in [6.45, 7) is 3.91. The number of hydrogen-bond acceptors (Lipinski definition) is 4. The Kier molecular flexibility index (Phi) is 5.58. The summed E-state index contributed by atoms with van der Waals surface area (Å²) < 4.78 is 27.8. The van der Waals surface area contributed by atoms with E-state index < -0.39 is 10.0 Å². The van der Waals surface area contributed by atoms with Crippen LogP contribution in [0.1, 0.15) is 22.1 Å². The van der Waals surface area contributed by atoms with Gasteiger partial charge in [0.05, 0.1) is 10.6 Å². The van der Waals surface area contributed by atoms with Gasteiger partial charge < -0.3 is 0 Å². The van der Waals surface area contributed by atoms with Gasteiger partial charge in [-0.05, 0) is 61.4 Å². The predicted octanol–water partition coefficient (Wildman–Crippen LogP) is 4.88. The van der Waals surface area contributed by atoms with Gasteiger partial charge in [0, 0.05) is 11.4 Å². The number of aryl methyl sites for hydroxylation is 2. The lowest BCUT2D eigenvalue weighted by Gasteiger charge is -2.25. The molecule has 1 amide bonds. The highest BCUT2D eigenvalue weighted by Gasteiger charge is 2.34. The van der Waals surface area contributed by atoms with Crippen molar-refractivity contribution < 1.29 is 13.2 Å². The van der Waals surface area contributed by atoms with Crippen molar-refractivity contribution in [1.29, 1.82) is 0 Å². The van der Waals surface area contributed by atoms with Gasteiger partial charge in [-0.25, -0.2) is 8.42 Å². The maximum absolute atomic E-state index is 12.6. The predicted molar refractivity (Wildman–Crippen MR) is 122 cm³/mol. The quantitative estimate of drug-likeness (QED) is 0.616. The van der Waals surface area contributed by atoms with Gasteiger partial charge in [0.15, 0.2) is 0 Å². The van der Waals surface area contributed by atoms with Crippen LogP contribution >= 0.6 is 11.8 Å². The maximum Gasteiger partial charge on any atom is 0.261 e. The van der Waals surface area contributed by atoms with E-state index in [1.807, 2.05) is 55.1 Å². The van der Waals surface area contributed by atoms with Crippen LogP contribution in [-0.2, 0) is 14.8 Å². The van der Waals surface area contributed by atoms with Crippen LogP contribution in [0.3, 0.4) is 0 Å². The molecule has 154 valence electrons. The first-order chi connectivity index (χ1) is 14.3. The zero-order valence-electron chi connectivity index (χ0n) is 16.7. The van der Waals surface area contributed by atoms with Crippen molar-refractivity contribution in [1.82, 2.24) is 0 Å². The third-order valence-electron chi connectivity index (χ3n) is 4.93. The van der Waals surface area contributed by atoms with Crippen LogP contribution in [0.25, 0.3) is 0 Å². The SMILES string of the molecule is Cc1ccc(S(=O)(=O)Nc2ccc([C@H]3SCC(=O)N3c3cccc(C)c3)cc2)cc1. The highest BCUT2D eigenvalue weighted by atomic mass is 32.2. The van der Waals surface area contributed by atoms with E-state index in [-0.39, 0.29) is 16.2 Å². The Bertz CT molecular complexity index is 1170. The Morgan fingerprint density at radius 1 is 0.933 bits per heavy atom. The number of carbonyl (C=O) groups is 1. The fourth-order valence-electron chi connectivity index (χ4n) is 3.37. The first-order valence-electron chi connectivity index (χ1n) is 9.53. The fraction of sp³-hybridized carbons (Fsp3) is 0.174. The standard InChI is InChI=1S/C23H22N2O3S2/c1-16-6-12-21(13-7-16)30(27,28)24-19-10-8-18(9-11-19)23-25(22(26)15-29-23)20-5-3-4-17(2)14-20/h3-14,23-24H,15H2,1-2H3/t23-/m1/s1. The minimum Gasteiger partial charge on any atom is -0.295 e. The van der Waals surface area contributed by atoms with Gasteiger partial charge in [-0.3, -0.25) is 14.4 Å². The molecule has 1 N–H and O–H groups in total. The van der Waals surface area contributed by atoms with Crippen LogP contribution in [0.4, 0.5) is 11.4 Å². The molecule has 0 bridgehead atoms. The van der Waals surface area contributed by atoms with E-state index in [0.29, 0.717) is 11.4 Å². The highest BCUT2D eigenvalue weighted by molar-refractivity contribution is 8.00. The molecule has 5 nitrogen and oxygen atoms in total. The van der Waals surface area contributed by atoms with Crippen LogP contribution in [0.2, 0.25) is 0 Å². The summed E-state index contributed by atoms with van der Waals surface area (Å²) >= 11 is 1.57. The molecule has 1 atom stereocenters. The number of rotatable bonds is 5. The monoisotopic (exact) mass is 438 g/mol. The molecule has 0 aromatic heterocycles. The third-order valence-corrected chi connectivity index (χ3v) is 7.54. The Hall–Kier alpha value is -2.77. The summed E-state index contributed by atoms with van der Waals surface area (Å²) in [5.41, 5.74) is 4.40. The number of hydrogen-bond donors (Lipinski definition) is 1. The Morgan fingerprint density at radius 3 is 2.30 bits per heavy atom. The van der Waals surface area contributed by atoms with Crippen molar-refractivity contribution in [3.05, 3.63) is 89.5 Å². The average Bonchev–Trinajstić information content (AvgIpc) is 3.10.